The van der Waals surface area contributed by atoms with E-state index in [0.29, 0.717) is 6.42 Å². The van der Waals surface area contributed by atoms with E-state index in [2.05, 4.69) is 5.32 Å². The standard InChI is InChI=1S/C6H10FNO.ClH/c1-2-5(9)6(7)3-8-4-6;/h8H,2-4H2,1H3;1H. The largest absolute Gasteiger partial charge is 0.309 e. The van der Waals surface area contributed by atoms with Crippen molar-refractivity contribution in [2.45, 2.75) is 19.0 Å². The van der Waals surface area contributed by atoms with Crippen LogP contribution in [0.2, 0.25) is 0 Å². The van der Waals surface area contributed by atoms with Crippen LogP contribution in [0.15, 0.2) is 0 Å². The van der Waals surface area contributed by atoms with E-state index >= 15 is 0 Å². The van der Waals surface area contributed by atoms with Crippen molar-refractivity contribution < 1.29 is 9.18 Å². The van der Waals surface area contributed by atoms with E-state index in [9.17, 15) is 9.18 Å². The number of hydrogen-bond acceptors (Lipinski definition) is 2. The van der Waals surface area contributed by atoms with Crippen LogP contribution < -0.4 is 5.32 Å². The molecule has 1 saturated heterocycles. The maximum absolute atomic E-state index is 12.9. The van der Waals surface area contributed by atoms with Gasteiger partial charge in [0.2, 0.25) is 0 Å². The van der Waals surface area contributed by atoms with Crippen molar-refractivity contribution >= 4 is 18.2 Å². The fourth-order valence-corrected chi connectivity index (χ4v) is 0.858. The van der Waals surface area contributed by atoms with E-state index in [1.807, 2.05) is 0 Å². The highest BCUT2D eigenvalue weighted by Crippen LogP contribution is 2.18. The normalized spacial score (nSPS) is 20.6. The molecule has 1 rings (SSSR count). The minimum absolute atomic E-state index is 0. The highest BCUT2D eigenvalue weighted by atomic mass is 35.5. The van der Waals surface area contributed by atoms with Crippen LogP contribution in [-0.2, 0) is 4.79 Å². The number of hydrogen-bond donors (Lipinski definition) is 1. The van der Waals surface area contributed by atoms with Crippen LogP contribution in [0.5, 0.6) is 0 Å². The Bertz CT molecular complexity index is 136. The van der Waals surface area contributed by atoms with Crippen LogP contribution in [-0.4, -0.2) is 24.5 Å². The molecule has 0 aromatic heterocycles. The van der Waals surface area contributed by atoms with E-state index in [-0.39, 0.29) is 31.3 Å². The van der Waals surface area contributed by atoms with Crippen LogP contribution in [0.3, 0.4) is 0 Å². The number of halogens is 2. The molecule has 1 N–H and O–H groups in total. The second kappa shape index (κ2) is 3.30. The summed E-state index contributed by atoms with van der Waals surface area (Å²) < 4.78 is 12.9. The molecule has 0 aromatic rings. The Hall–Kier alpha value is -0.150. The second-order valence-corrected chi connectivity index (χ2v) is 2.35. The molecule has 0 bridgehead atoms. The Balaban J connectivity index is 0.000000810. The number of ketones is 1. The third-order valence-electron chi connectivity index (χ3n) is 1.63. The summed E-state index contributed by atoms with van der Waals surface area (Å²) in [5.74, 6) is -0.277. The van der Waals surface area contributed by atoms with Crippen molar-refractivity contribution in [3.05, 3.63) is 0 Å². The quantitative estimate of drug-likeness (QED) is 0.656. The summed E-state index contributed by atoms with van der Waals surface area (Å²) in [6.07, 6.45) is 0.304. The zero-order valence-electron chi connectivity index (χ0n) is 5.82. The van der Waals surface area contributed by atoms with Crippen molar-refractivity contribution in [1.82, 2.24) is 5.32 Å². The molecule has 2 nitrogen and oxygen atoms in total. The van der Waals surface area contributed by atoms with Crippen molar-refractivity contribution in [1.29, 1.82) is 0 Å². The number of carbonyl (C=O) groups is 1. The first kappa shape index (κ1) is 9.85. The van der Waals surface area contributed by atoms with Gasteiger partial charge in [0.05, 0.1) is 0 Å². The highest BCUT2D eigenvalue weighted by molar-refractivity contribution is 5.88. The zero-order chi connectivity index (χ0) is 6.91. The summed E-state index contributed by atoms with van der Waals surface area (Å²) in [5.41, 5.74) is -1.52. The molecule has 1 aliphatic rings. The number of Topliss-reactive ketones (excluding diaryl/α,β-unsaturated/α-hetero) is 1. The predicted molar refractivity (Wildman–Crippen MR) is 39.3 cm³/mol. The molecule has 0 saturated carbocycles. The van der Waals surface area contributed by atoms with Crippen LogP contribution in [0, 0.1) is 0 Å². The third-order valence-corrected chi connectivity index (χ3v) is 1.63. The fraction of sp³-hybridized carbons (Fsp3) is 0.833. The minimum Gasteiger partial charge on any atom is -0.309 e. The predicted octanol–water partition coefficient (Wildman–Crippen LogP) is 0.699. The molecular weight excluding hydrogens is 157 g/mol. The molecule has 1 fully saturated rings. The maximum atomic E-state index is 12.9. The molecule has 0 unspecified atom stereocenters. The van der Waals surface area contributed by atoms with E-state index in [0.717, 1.165) is 0 Å². The van der Waals surface area contributed by atoms with Crippen LogP contribution in [0.1, 0.15) is 13.3 Å². The topological polar surface area (TPSA) is 29.1 Å². The summed E-state index contributed by atoms with van der Waals surface area (Å²) in [5, 5.41) is 2.72. The van der Waals surface area contributed by atoms with Gasteiger partial charge in [-0.05, 0) is 0 Å². The Morgan fingerprint density at radius 3 is 2.30 bits per heavy atom. The number of carbonyl (C=O) groups excluding carboxylic acids is 1. The summed E-state index contributed by atoms with van der Waals surface area (Å²) in [6, 6.07) is 0. The summed E-state index contributed by atoms with van der Waals surface area (Å²) in [7, 11) is 0. The fourth-order valence-electron chi connectivity index (χ4n) is 0.858. The Morgan fingerprint density at radius 1 is 1.70 bits per heavy atom. The van der Waals surface area contributed by atoms with E-state index in [1.165, 1.54) is 0 Å². The lowest BCUT2D eigenvalue weighted by Crippen LogP contribution is -2.60. The first-order valence-electron chi connectivity index (χ1n) is 3.12. The average Bonchev–Trinajstić information content (AvgIpc) is 1.81. The molecule has 0 aromatic carbocycles. The van der Waals surface area contributed by atoms with Gasteiger partial charge in [-0.2, -0.15) is 0 Å². The van der Waals surface area contributed by atoms with Gasteiger partial charge in [-0.1, -0.05) is 6.92 Å². The molecular formula is C6H11ClFNO. The SMILES string of the molecule is CCC(=O)C1(F)CNC1.Cl. The molecule has 1 heterocycles. The Morgan fingerprint density at radius 2 is 2.20 bits per heavy atom. The average molecular weight is 168 g/mol. The highest BCUT2D eigenvalue weighted by Gasteiger charge is 2.42. The summed E-state index contributed by atoms with van der Waals surface area (Å²) in [4.78, 5) is 10.7. The lowest BCUT2D eigenvalue weighted by molar-refractivity contribution is -0.133. The first-order valence-corrected chi connectivity index (χ1v) is 3.12. The molecule has 0 amide bonds. The van der Waals surface area contributed by atoms with Crippen LogP contribution in [0.4, 0.5) is 4.39 Å². The molecule has 4 heteroatoms. The van der Waals surface area contributed by atoms with Crippen molar-refractivity contribution in [3.63, 3.8) is 0 Å². The van der Waals surface area contributed by atoms with E-state index in [4.69, 9.17) is 0 Å². The molecule has 60 valence electrons. The van der Waals surface area contributed by atoms with Crippen LogP contribution >= 0.6 is 12.4 Å². The molecule has 0 spiro atoms. The minimum atomic E-state index is -1.52. The Labute approximate surface area is 65.6 Å². The van der Waals surface area contributed by atoms with Gasteiger partial charge in [0.15, 0.2) is 11.5 Å². The molecule has 0 atom stereocenters. The van der Waals surface area contributed by atoms with E-state index < -0.39 is 5.67 Å². The van der Waals surface area contributed by atoms with Crippen molar-refractivity contribution in [2.75, 3.05) is 13.1 Å². The monoisotopic (exact) mass is 167 g/mol. The number of nitrogens with one attached hydrogen (secondary N) is 1. The molecule has 0 aliphatic carbocycles. The van der Waals surface area contributed by atoms with Crippen LogP contribution in [0.25, 0.3) is 0 Å². The number of rotatable bonds is 2. The molecule has 10 heavy (non-hydrogen) atoms. The van der Waals surface area contributed by atoms with Gasteiger partial charge in [-0.15, -0.1) is 12.4 Å². The number of alkyl halides is 1. The summed E-state index contributed by atoms with van der Waals surface area (Å²) in [6.45, 7) is 2.10. The van der Waals surface area contributed by atoms with Gasteiger partial charge < -0.3 is 5.32 Å². The summed E-state index contributed by atoms with van der Waals surface area (Å²) >= 11 is 0. The van der Waals surface area contributed by atoms with Gasteiger partial charge in [0.25, 0.3) is 0 Å². The smallest absolute Gasteiger partial charge is 0.193 e. The van der Waals surface area contributed by atoms with Gasteiger partial charge >= 0.3 is 0 Å². The van der Waals surface area contributed by atoms with Gasteiger partial charge in [-0.25, -0.2) is 4.39 Å². The van der Waals surface area contributed by atoms with Crippen molar-refractivity contribution in [2.24, 2.45) is 0 Å². The third kappa shape index (κ3) is 1.47. The van der Waals surface area contributed by atoms with Gasteiger partial charge in [-0.3, -0.25) is 4.79 Å². The zero-order valence-corrected chi connectivity index (χ0v) is 6.63. The van der Waals surface area contributed by atoms with E-state index in [1.54, 1.807) is 6.92 Å². The molecule has 1 aliphatic heterocycles. The second-order valence-electron chi connectivity index (χ2n) is 2.35. The lowest BCUT2D eigenvalue weighted by Gasteiger charge is -2.32. The maximum Gasteiger partial charge on any atom is 0.193 e. The van der Waals surface area contributed by atoms with Crippen molar-refractivity contribution in [3.8, 4) is 0 Å². The van der Waals surface area contributed by atoms with Gasteiger partial charge in [0, 0.05) is 19.5 Å². The first-order chi connectivity index (χ1) is 4.19. The lowest BCUT2D eigenvalue weighted by atomic mass is 9.93. The molecule has 0 radical (unpaired) electrons. The van der Waals surface area contributed by atoms with Gasteiger partial charge in [0.1, 0.15) is 0 Å². The Kier molecular flexibility index (Phi) is 3.25.